The number of hydrogen-bond acceptors (Lipinski definition) is 6. The van der Waals surface area contributed by atoms with Crippen LogP contribution < -0.4 is 9.47 Å². The Morgan fingerprint density at radius 1 is 1.05 bits per heavy atom. The van der Waals surface area contributed by atoms with Crippen molar-refractivity contribution in [1.29, 1.82) is 0 Å². The monoisotopic (exact) mass is 257 g/mol. The van der Waals surface area contributed by atoms with E-state index >= 15 is 0 Å². The van der Waals surface area contributed by atoms with Gasteiger partial charge in [0.15, 0.2) is 5.82 Å². The van der Waals surface area contributed by atoms with Gasteiger partial charge in [0.25, 0.3) is 0 Å². The van der Waals surface area contributed by atoms with E-state index in [1.165, 1.54) is 20.3 Å². The van der Waals surface area contributed by atoms with Crippen molar-refractivity contribution in [2.45, 2.75) is 0 Å². The van der Waals surface area contributed by atoms with Crippen molar-refractivity contribution in [2.75, 3.05) is 14.2 Å². The zero-order valence-corrected chi connectivity index (χ0v) is 10.5. The van der Waals surface area contributed by atoms with Gasteiger partial charge in [-0.25, -0.2) is 4.79 Å². The number of rotatable bonds is 4. The molecular weight excluding hydrogens is 246 g/mol. The number of hydrogen-bond donors (Lipinski definition) is 0. The van der Waals surface area contributed by atoms with Crippen LogP contribution in [0.15, 0.2) is 35.3 Å². The molecule has 19 heavy (non-hydrogen) atoms. The standard InChI is InChI=1S/C13H11N3O3/c1-18-11-7-12(19-2)16-13(15-11)9-3-5-10(6-4-9)14-8-17/h3-7H,1-2H3. The van der Waals surface area contributed by atoms with Crippen LogP contribution >= 0.6 is 0 Å². The first-order chi connectivity index (χ1) is 9.26. The van der Waals surface area contributed by atoms with Crippen LogP contribution in [-0.4, -0.2) is 30.3 Å². The lowest BCUT2D eigenvalue weighted by Crippen LogP contribution is -1.96. The van der Waals surface area contributed by atoms with Crippen molar-refractivity contribution in [3.05, 3.63) is 30.3 Å². The molecule has 1 heterocycles. The molecule has 0 radical (unpaired) electrons. The van der Waals surface area contributed by atoms with E-state index in [-0.39, 0.29) is 0 Å². The highest BCUT2D eigenvalue weighted by Gasteiger charge is 2.07. The predicted octanol–water partition coefficient (Wildman–Crippen LogP) is 2.13. The van der Waals surface area contributed by atoms with Gasteiger partial charge >= 0.3 is 0 Å². The van der Waals surface area contributed by atoms with Gasteiger partial charge in [-0.3, -0.25) is 0 Å². The van der Waals surface area contributed by atoms with E-state index in [9.17, 15) is 4.79 Å². The quantitative estimate of drug-likeness (QED) is 0.619. The lowest BCUT2D eigenvalue weighted by atomic mass is 10.2. The molecule has 0 aliphatic rings. The van der Waals surface area contributed by atoms with Crippen LogP contribution in [0.1, 0.15) is 0 Å². The number of methoxy groups -OCH3 is 2. The SMILES string of the molecule is COc1cc(OC)nc(-c2ccc(N=C=O)cc2)n1. The molecular formula is C13H11N3O3. The molecule has 0 N–H and O–H groups in total. The van der Waals surface area contributed by atoms with Crippen molar-refractivity contribution in [3.63, 3.8) is 0 Å². The number of isocyanates is 1. The fraction of sp³-hybridized carbons (Fsp3) is 0.154. The van der Waals surface area contributed by atoms with Crippen LogP contribution in [0.5, 0.6) is 11.8 Å². The molecule has 0 atom stereocenters. The third-order valence-corrected chi connectivity index (χ3v) is 2.40. The van der Waals surface area contributed by atoms with Gasteiger partial charge in [-0.1, -0.05) is 0 Å². The second-order valence-corrected chi connectivity index (χ2v) is 3.53. The number of nitrogens with zero attached hydrogens (tertiary/aromatic N) is 3. The predicted molar refractivity (Wildman–Crippen MR) is 68.4 cm³/mol. The molecule has 96 valence electrons. The van der Waals surface area contributed by atoms with Gasteiger partial charge in [-0.15, -0.1) is 0 Å². The molecule has 6 nitrogen and oxygen atoms in total. The van der Waals surface area contributed by atoms with Crippen molar-refractivity contribution in [2.24, 2.45) is 4.99 Å². The molecule has 0 amide bonds. The summed E-state index contributed by atoms with van der Waals surface area (Å²) < 4.78 is 10.2. The first-order valence-electron chi connectivity index (χ1n) is 5.42. The molecule has 2 aromatic rings. The van der Waals surface area contributed by atoms with Crippen LogP contribution in [0.3, 0.4) is 0 Å². The summed E-state index contributed by atoms with van der Waals surface area (Å²) in [5.74, 6) is 1.30. The number of ether oxygens (including phenoxy) is 2. The first-order valence-corrected chi connectivity index (χ1v) is 5.42. The van der Waals surface area contributed by atoms with Crippen LogP contribution in [-0.2, 0) is 4.79 Å². The minimum absolute atomic E-state index is 0.414. The summed E-state index contributed by atoms with van der Waals surface area (Å²) >= 11 is 0. The van der Waals surface area contributed by atoms with Crippen LogP contribution in [0.25, 0.3) is 11.4 Å². The molecule has 0 saturated carbocycles. The topological polar surface area (TPSA) is 73.7 Å². The van der Waals surface area contributed by atoms with Gasteiger partial charge in [0.05, 0.1) is 26.0 Å². The van der Waals surface area contributed by atoms with Gasteiger partial charge < -0.3 is 9.47 Å². The van der Waals surface area contributed by atoms with Crippen LogP contribution in [0.4, 0.5) is 5.69 Å². The van der Waals surface area contributed by atoms with Crippen LogP contribution in [0, 0.1) is 0 Å². The molecule has 1 aromatic carbocycles. The Kier molecular flexibility index (Phi) is 3.85. The van der Waals surface area contributed by atoms with E-state index in [1.807, 2.05) is 0 Å². The maximum absolute atomic E-state index is 10.1. The molecule has 0 spiro atoms. The Labute approximate surface area is 109 Å². The summed E-state index contributed by atoms with van der Waals surface area (Å²) in [7, 11) is 3.04. The average Bonchev–Trinajstić information content (AvgIpc) is 2.47. The highest BCUT2D eigenvalue weighted by atomic mass is 16.5. The summed E-state index contributed by atoms with van der Waals surface area (Å²) in [6.45, 7) is 0. The zero-order chi connectivity index (χ0) is 13.7. The van der Waals surface area contributed by atoms with E-state index in [2.05, 4.69) is 15.0 Å². The molecule has 2 rings (SSSR count). The van der Waals surface area contributed by atoms with Gasteiger partial charge in [-0.05, 0) is 24.3 Å². The van der Waals surface area contributed by atoms with E-state index in [0.717, 1.165) is 5.56 Å². The highest BCUT2D eigenvalue weighted by molar-refractivity contribution is 5.60. The van der Waals surface area contributed by atoms with Gasteiger partial charge in [0.1, 0.15) is 0 Å². The summed E-state index contributed by atoms with van der Waals surface area (Å²) in [5, 5.41) is 0. The fourth-order valence-electron chi connectivity index (χ4n) is 1.48. The lowest BCUT2D eigenvalue weighted by Gasteiger charge is -2.06. The second-order valence-electron chi connectivity index (χ2n) is 3.53. The largest absolute Gasteiger partial charge is 0.481 e. The number of carbonyl (C=O) groups excluding carboxylic acids is 1. The summed E-state index contributed by atoms with van der Waals surface area (Å²) in [6.07, 6.45) is 1.48. The normalized spacial score (nSPS) is 9.58. The molecule has 6 heteroatoms. The van der Waals surface area contributed by atoms with Gasteiger partial charge in [0, 0.05) is 5.56 Å². The Balaban J connectivity index is 2.42. The molecule has 0 saturated heterocycles. The van der Waals surface area contributed by atoms with E-state index in [1.54, 1.807) is 30.3 Å². The second kappa shape index (κ2) is 5.75. The van der Waals surface area contributed by atoms with Gasteiger partial charge in [-0.2, -0.15) is 15.0 Å². The molecule has 0 bridgehead atoms. The van der Waals surface area contributed by atoms with Gasteiger partial charge in [0.2, 0.25) is 17.8 Å². The molecule has 0 fully saturated rings. The van der Waals surface area contributed by atoms with Crippen molar-refractivity contribution >= 4 is 11.8 Å². The Morgan fingerprint density at radius 2 is 1.63 bits per heavy atom. The summed E-state index contributed by atoms with van der Waals surface area (Å²) in [4.78, 5) is 22.1. The van der Waals surface area contributed by atoms with Crippen molar-refractivity contribution in [3.8, 4) is 23.1 Å². The number of aliphatic imine (C=N–C) groups is 1. The maximum Gasteiger partial charge on any atom is 0.240 e. The third-order valence-electron chi connectivity index (χ3n) is 2.40. The first kappa shape index (κ1) is 12.7. The smallest absolute Gasteiger partial charge is 0.240 e. The van der Waals surface area contributed by atoms with Crippen molar-refractivity contribution < 1.29 is 14.3 Å². The molecule has 0 aliphatic carbocycles. The third kappa shape index (κ3) is 2.94. The number of benzene rings is 1. The maximum atomic E-state index is 10.1. The number of aromatic nitrogens is 2. The average molecular weight is 257 g/mol. The van der Waals surface area contributed by atoms with E-state index in [0.29, 0.717) is 23.3 Å². The molecule has 1 aromatic heterocycles. The van der Waals surface area contributed by atoms with E-state index in [4.69, 9.17) is 9.47 Å². The summed E-state index contributed by atoms with van der Waals surface area (Å²) in [5.41, 5.74) is 1.29. The Morgan fingerprint density at radius 3 is 2.11 bits per heavy atom. The highest BCUT2D eigenvalue weighted by Crippen LogP contribution is 2.24. The summed E-state index contributed by atoms with van der Waals surface area (Å²) in [6, 6.07) is 8.45. The molecule has 0 aliphatic heterocycles. The lowest BCUT2D eigenvalue weighted by molar-refractivity contribution is 0.372. The minimum atomic E-state index is 0.414. The zero-order valence-electron chi connectivity index (χ0n) is 10.5. The van der Waals surface area contributed by atoms with Crippen molar-refractivity contribution in [1.82, 2.24) is 9.97 Å². The Bertz CT molecular complexity index is 597. The minimum Gasteiger partial charge on any atom is -0.481 e. The molecule has 0 unspecified atom stereocenters. The van der Waals surface area contributed by atoms with E-state index < -0.39 is 0 Å². The Hall–Kier alpha value is -2.72. The fourth-order valence-corrected chi connectivity index (χ4v) is 1.48. The van der Waals surface area contributed by atoms with Crippen LogP contribution in [0.2, 0.25) is 0 Å².